The summed E-state index contributed by atoms with van der Waals surface area (Å²) in [6.45, 7) is -1.56. The third-order valence-corrected chi connectivity index (χ3v) is 3.18. The molecule has 2 amide bonds. The lowest BCUT2D eigenvalue weighted by atomic mass is 10.2. The molecule has 24 heavy (non-hydrogen) atoms. The fraction of sp³-hybridized carbons (Fsp3) is 0.250. The van der Waals surface area contributed by atoms with Crippen molar-refractivity contribution in [2.75, 3.05) is 6.54 Å². The number of aryl methyl sites for hydroxylation is 1. The molecule has 1 aromatic heterocycles. The number of hydrogen-bond donors (Lipinski definition) is 2. The summed E-state index contributed by atoms with van der Waals surface area (Å²) >= 11 is 0. The Kier molecular flexibility index (Phi) is 5.89. The first-order valence-electron chi connectivity index (χ1n) is 7.09. The predicted molar refractivity (Wildman–Crippen MR) is 80.7 cm³/mol. The van der Waals surface area contributed by atoms with Crippen LogP contribution >= 0.6 is 0 Å². The van der Waals surface area contributed by atoms with Gasteiger partial charge in [-0.1, -0.05) is 18.2 Å². The van der Waals surface area contributed by atoms with Crippen molar-refractivity contribution in [3.8, 4) is 5.75 Å². The Morgan fingerprint density at radius 2 is 1.96 bits per heavy atom. The van der Waals surface area contributed by atoms with Crippen LogP contribution in [0, 0.1) is 6.92 Å². The van der Waals surface area contributed by atoms with Gasteiger partial charge in [-0.3, -0.25) is 9.59 Å². The number of rotatable bonds is 7. The minimum absolute atomic E-state index is 0.00232. The van der Waals surface area contributed by atoms with Crippen molar-refractivity contribution in [1.29, 1.82) is 0 Å². The van der Waals surface area contributed by atoms with E-state index in [-0.39, 0.29) is 18.8 Å². The van der Waals surface area contributed by atoms with E-state index in [1.54, 1.807) is 25.1 Å². The van der Waals surface area contributed by atoms with E-state index in [0.29, 0.717) is 16.9 Å². The van der Waals surface area contributed by atoms with Crippen LogP contribution in [0.15, 0.2) is 41.0 Å². The van der Waals surface area contributed by atoms with Crippen LogP contribution in [0.1, 0.15) is 21.7 Å². The Hall–Kier alpha value is -2.90. The number of halogens is 2. The summed E-state index contributed by atoms with van der Waals surface area (Å²) in [5, 5.41) is 4.97. The van der Waals surface area contributed by atoms with Gasteiger partial charge in [0.1, 0.15) is 11.5 Å². The fourth-order valence-electron chi connectivity index (χ4n) is 1.99. The Labute approximate surface area is 136 Å². The zero-order valence-corrected chi connectivity index (χ0v) is 12.8. The Bertz CT molecular complexity index is 716. The zero-order chi connectivity index (χ0) is 17.5. The molecule has 1 aromatic carbocycles. The number of amides is 2. The van der Waals surface area contributed by atoms with Crippen LogP contribution in [-0.4, -0.2) is 25.0 Å². The number of carbonyl (C=O) groups is 2. The van der Waals surface area contributed by atoms with Gasteiger partial charge >= 0.3 is 6.61 Å². The molecule has 0 unspecified atom stereocenters. The third-order valence-electron chi connectivity index (χ3n) is 3.18. The fourth-order valence-corrected chi connectivity index (χ4v) is 1.99. The molecule has 0 aliphatic rings. The summed E-state index contributed by atoms with van der Waals surface area (Å²) < 4.78 is 34.0. The van der Waals surface area contributed by atoms with Crippen molar-refractivity contribution in [1.82, 2.24) is 10.6 Å². The molecule has 6 nitrogen and oxygen atoms in total. The second-order valence-electron chi connectivity index (χ2n) is 4.84. The molecule has 1 heterocycles. The van der Waals surface area contributed by atoms with E-state index in [0.717, 1.165) is 0 Å². The van der Waals surface area contributed by atoms with E-state index in [2.05, 4.69) is 15.4 Å². The average Bonchev–Trinajstić information content (AvgIpc) is 2.97. The molecule has 8 heteroatoms. The molecule has 0 saturated heterocycles. The van der Waals surface area contributed by atoms with E-state index >= 15 is 0 Å². The number of furan rings is 1. The van der Waals surface area contributed by atoms with Crippen LogP contribution < -0.4 is 15.4 Å². The van der Waals surface area contributed by atoms with Crippen molar-refractivity contribution >= 4 is 11.8 Å². The maximum atomic E-state index is 12.3. The second-order valence-corrected chi connectivity index (χ2v) is 4.84. The van der Waals surface area contributed by atoms with E-state index < -0.39 is 18.4 Å². The second kappa shape index (κ2) is 8.09. The third kappa shape index (κ3) is 4.80. The number of para-hydroxylation sites is 1. The van der Waals surface area contributed by atoms with Gasteiger partial charge in [0, 0.05) is 12.1 Å². The molecule has 0 fully saturated rings. The highest BCUT2D eigenvalue weighted by molar-refractivity contribution is 5.97. The molecule has 2 rings (SSSR count). The normalized spacial score (nSPS) is 10.5. The van der Waals surface area contributed by atoms with Gasteiger partial charge < -0.3 is 19.8 Å². The highest BCUT2D eigenvalue weighted by Gasteiger charge is 2.13. The lowest BCUT2D eigenvalue weighted by Gasteiger charge is -2.11. The summed E-state index contributed by atoms with van der Waals surface area (Å²) in [4.78, 5) is 23.6. The highest BCUT2D eigenvalue weighted by atomic mass is 19.3. The summed E-state index contributed by atoms with van der Waals surface area (Å²) in [6.07, 6.45) is 1.38. The van der Waals surface area contributed by atoms with Crippen molar-refractivity contribution in [2.45, 2.75) is 20.1 Å². The molecular formula is C16H16F2N2O4. The molecule has 0 bridgehead atoms. The number of ether oxygens (including phenoxy) is 1. The van der Waals surface area contributed by atoms with Crippen molar-refractivity contribution in [3.05, 3.63) is 53.5 Å². The molecule has 0 spiro atoms. The molecule has 0 aliphatic carbocycles. The van der Waals surface area contributed by atoms with Gasteiger partial charge in [0.15, 0.2) is 0 Å². The van der Waals surface area contributed by atoms with E-state index in [1.165, 1.54) is 18.4 Å². The van der Waals surface area contributed by atoms with Gasteiger partial charge in [-0.2, -0.15) is 8.78 Å². The van der Waals surface area contributed by atoms with Crippen LogP contribution in [0.5, 0.6) is 5.75 Å². The van der Waals surface area contributed by atoms with Crippen molar-refractivity contribution < 1.29 is 27.5 Å². The SMILES string of the molecule is Cc1occc1C(=O)NCC(=O)NCc1ccccc1OC(F)F. The minimum Gasteiger partial charge on any atom is -0.469 e. The predicted octanol–water partition coefficient (Wildman–Crippen LogP) is 2.24. The van der Waals surface area contributed by atoms with Crippen LogP contribution in [0.25, 0.3) is 0 Å². The molecule has 0 aliphatic heterocycles. The topological polar surface area (TPSA) is 80.6 Å². The van der Waals surface area contributed by atoms with E-state index in [4.69, 9.17) is 4.42 Å². The summed E-state index contributed by atoms with van der Waals surface area (Å²) in [5.74, 6) is -0.453. The van der Waals surface area contributed by atoms with Crippen molar-refractivity contribution in [3.63, 3.8) is 0 Å². The molecular weight excluding hydrogens is 322 g/mol. The van der Waals surface area contributed by atoms with Crippen LogP contribution in [0.4, 0.5) is 8.78 Å². The maximum Gasteiger partial charge on any atom is 0.387 e. The Morgan fingerprint density at radius 3 is 2.62 bits per heavy atom. The zero-order valence-electron chi connectivity index (χ0n) is 12.8. The molecule has 2 N–H and O–H groups in total. The summed E-state index contributed by atoms with van der Waals surface area (Å²) in [6, 6.07) is 7.64. The minimum atomic E-state index is -2.95. The van der Waals surface area contributed by atoms with Gasteiger partial charge in [0.05, 0.1) is 18.4 Å². The summed E-state index contributed by atoms with van der Waals surface area (Å²) in [7, 11) is 0. The number of benzene rings is 1. The first kappa shape index (κ1) is 17.5. The smallest absolute Gasteiger partial charge is 0.387 e. The van der Waals surface area contributed by atoms with Gasteiger partial charge in [-0.05, 0) is 19.1 Å². The van der Waals surface area contributed by atoms with Crippen molar-refractivity contribution in [2.24, 2.45) is 0 Å². The summed E-state index contributed by atoms with van der Waals surface area (Å²) in [5.41, 5.74) is 0.752. The van der Waals surface area contributed by atoms with Crippen LogP contribution in [0.3, 0.4) is 0 Å². The first-order chi connectivity index (χ1) is 11.5. The maximum absolute atomic E-state index is 12.3. The molecule has 0 saturated carbocycles. The molecule has 0 atom stereocenters. The molecule has 0 radical (unpaired) electrons. The quantitative estimate of drug-likeness (QED) is 0.811. The monoisotopic (exact) mass is 338 g/mol. The van der Waals surface area contributed by atoms with Gasteiger partial charge in [0.25, 0.3) is 5.91 Å². The Balaban J connectivity index is 1.83. The standard InChI is InChI=1S/C16H16F2N2O4/c1-10-12(6-7-23-10)15(22)20-9-14(21)19-8-11-4-2-3-5-13(11)24-16(17)18/h2-7,16H,8-9H2,1H3,(H,19,21)(H,20,22). The van der Waals surface area contributed by atoms with E-state index in [1.807, 2.05) is 0 Å². The van der Waals surface area contributed by atoms with Gasteiger partial charge in [0.2, 0.25) is 5.91 Å². The Morgan fingerprint density at radius 1 is 1.21 bits per heavy atom. The van der Waals surface area contributed by atoms with Gasteiger partial charge in [-0.25, -0.2) is 0 Å². The average molecular weight is 338 g/mol. The van der Waals surface area contributed by atoms with Crippen LogP contribution in [-0.2, 0) is 11.3 Å². The lowest BCUT2D eigenvalue weighted by Crippen LogP contribution is -2.36. The highest BCUT2D eigenvalue weighted by Crippen LogP contribution is 2.19. The number of hydrogen-bond acceptors (Lipinski definition) is 4. The van der Waals surface area contributed by atoms with Gasteiger partial charge in [-0.15, -0.1) is 0 Å². The molecule has 2 aromatic rings. The largest absolute Gasteiger partial charge is 0.469 e. The van der Waals surface area contributed by atoms with E-state index in [9.17, 15) is 18.4 Å². The number of nitrogens with one attached hydrogen (secondary N) is 2. The number of alkyl halides is 2. The molecule has 128 valence electrons. The first-order valence-corrected chi connectivity index (χ1v) is 7.09. The lowest BCUT2D eigenvalue weighted by molar-refractivity contribution is -0.120. The number of carbonyl (C=O) groups excluding carboxylic acids is 2. The van der Waals surface area contributed by atoms with Crippen LogP contribution in [0.2, 0.25) is 0 Å².